The van der Waals surface area contributed by atoms with Crippen molar-refractivity contribution in [1.29, 1.82) is 0 Å². The van der Waals surface area contributed by atoms with E-state index in [1.807, 2.05) is 6.26 Å². The van der Waals surface area contributed by atoms with Gasteiger partial charge in [0.25, 0.3) is 0 Å². The third kappa shape index (κ3) is 1.95. The number of anilines is 1. The highest BCUT2D eigenvalue weighted by molar-refractivity contribution is 7.99. The maximum absolute atomic E-state index is 3.15. The highest BCUT2D eigenvalue weighted by atomic mass is 32.2. The average molecular weight is 153 g/mol. The van der Waals surface area contributed by atoms with E-state index in [0.29, 0.717) is 0 Å². The number of hydrogen-bond acceptors (Lipinski definition) is 2. The number of benzene rings is 1. The Morgan fingerprint density at radius 1 is 1.20 bits per heavy atom. The van der Waals surface area contributed by atoms with Crippen LogP contribution in [0.5, 0.6) is 0 Å². The Morgan fingerprint density at radius 3 is 2.30 bits per heavy atom. The summed E-state index contributed by atoms with van der Waals surface area (Å²) in [5.74, 6) is 0. The molecule has 1 N–H and O–H groups in total. The quantitative estimate of drug-likeness (QED) is 0.655. The SMILES string of the molecule is CSNc1ccc(C)cc1. The van der Waals surface area contributed by atoms with Crippen LogP contribution in [0, 0.1) is 6.92 Å². The molecule has 1 nitrogen and oxygen atoms in total. The molecule has 0 fully saturated rings. The van der Waals surface area contributed by atoms with Crippen LogP contribution in [0.25, 0.3) is 0 Å². The Kier molecular flexibility index (Phi) is 2.63. The minimum atomic E-state index is 1.16. The van der Waals surface area contributed by atoms with E-state index in [9.17, 15) is 0 Å². The van der Waals surface area contributed by atoms with E-state index in [2.05, 4.69) is 35.9 Å². The molecule has 54 valence electrons. The Hall–Kier alpha value is -0.630. The molecule has 0 bridgehead atoms. The highest BCUT2D eigenvalue weighted by Crippen LogP contribution is 2.11. The Labute approximate surface area is 66.0 Å². The minimum Gasteiger partial charge on any atom is -0.330 e. The van der Waals surface area contributed by atoms with Gasteiger partial charge in [0.15, 0.2) is 0 Å². The molecule has 1 aromatic carbocycles. The van der Waals surface area contributed by atoms with Gasteiger partial charge in [-0.1, -0.05) is 29.6 Å². The summed E-state index contributed by atoms with van der Waals surface area (Å²) in [6.45, 7) is 2.09. The summed E-state index contributed by atoms with van der Waals surface area (Å²) in [5, 5.41) is 0. The summed E-state index contributed by atoms with van der Waals surface area (Å²) in [6.07, 6.45) is 2.01. The van der Waals surface area contributed by atoms with Gasteiger partial charge in [-0.2, -0.15) is 0 Å². The molecule has 0 radical (unpaired) electrons. The van der Waals surface area contributed by atoms with E-state index < -0.39 is 0 Å². The van der Waals surface area contributed by atoms with Crippen molar-refractivity contribution in [3.05, 3.63) is 29.8 Å². The van der Waals surface area contributed by atoms with Gasteiger partial charge in [-0.05, 0) is 19.1 Å². The zero-order valence-electron chi connectivity index (χ0n) is 6.22. The van der Waals surface area contributed by atoms with Crippen LogP contribution in [0.1, 0.15) is 5.56 Å². The molecular weight excluding hydrogens is 142 g/mol. The van der Waals surface area contributed by atoms with Crippen LogP contribution in [-0.4, -0.2) is 6.26 Å². The van der Waals surface area contributed by atoms with Gasteiger partial charge in [0.2, 0.25) is 0 Å². The smallest absolute Gasteiger partial charge is 0.0440 e. The third-order valence-corrected chi connectivity index (χ3v) is 1.71. The molecule has 0 atom stereocenters. The molecule has 1 rings (SSSR count). The van der Waals surface area contributed by atoms with Crippen molar-refractivity contribution in [2.45, 2.75) is 6.92 Å². The molecule has 1 aromatic rings. The van der Waals surface area contributed by atoms with E-state index in [-0.39, 0.29) is 0 Å². The monoisotopic (exact) mass is 153 g/mol. The Balaban J connectivity index is 2.69. The second kappa shape index (κ2) is 3.52. The standard InChI is InChI=1S/C8H11NS/c1-7-3-5-8(6-4-7)9-10-2/h3-6,9H,1-2H3. The molecule has 0 aromatic heterocycles. The fraction of sp³-hybridized carbons (Fsp3) is 0.250. The zero-order chi connectivity index (χ0) is 7.40. The van der Waals surface area contributed by atoms with Crippen molar-refractivity contribution in [3.63, 3.8) is 0 Å². The van der Waals surface area contributed by atoms with Gasteiger partial charge in [0, 0.05) is 11.9 Å². The number of rotatable bonds is 2. The van der Waals surface area contributed by atoms with Crippen LogP contribution in [0.2, 0.25) is 0 Å². The molecule has 10 heavy (non-hydrogen) atoms. The first-order chi connectivity index (χ1) is 4.83. The summed E-state index contributed by atoms with van der Waals surface area (Å²) in [5.41, 5.74) is 2.46. The van der Waals surface area contributed by atoms with Crippen molar-refractivity contribution >= 4 is 17.6 Å². The largest absolute Gasteiger partial charge is 0.330 e. The lowest BCUT2D eigenvalue weighted by Crippen LogP contribution is -1.82. The molecular formula is C8H11NS. The molecule has 0 heterocycles. The van der Waals surface area contributed by atoms with Crippen LogP contribution in [0.15, 0.2) is 24.3 Å². The topological polar surface area (TPSA) is 12.0 Å². The maximum atomic E-state index is 3.15. The zero-order valence-corrected chi connectivity index (χ0v) is 7.03. The molecule has 0 amide bonds. The lowest BCUT2D eigenvalue weighted by Gasteiger charge is -2.00. The van der Waals surface area contributed by atoms with Crippen molar-refractivity contribution in [1.82, 2.24) is 0 Å². The van der Waals surface area contributed by atoms with E-state index in [1.54, 1.807) is 11.9 Å². The van der Waals surface area contributed by atoms with Crippen LogP contribution < -0.4 is 4.72 Å². The summed E-state index contributed by atoms with van der Waals surface area (Å²) in [7, 11) is 0. The van der Waals surface area contributed by atoms with Gasteiger partial charge in [-0.3, -0.25) is 0 Å². The molecule has 0 aliphatic rings. The van der Waals surface area contributed by atoms with E-state index in [1.165, 1.54) is 5.56 Å². The Bertz CT molecular complexity index is 193. The van der Waals surface area contributed by atoms with Crippen molar-refractivity contribution in [3.8, 4) is 0 Å². The maximum Gasteiger partial charge on any atom is 0.0440 e. The second-order valence-electron chi connectivity index (χ2n) is 2.17. The van der Waals surface area contributed by atoms with Crippen LogP contribution in [-0.2, 0) is 0 Å². The molecule has 0 saturated carbocycles. The van der Waals surface area contributed by atoms with Crippen molar-refractivity contribution in [2.24, 2.45) is 0 Å². The molecule has 0 aliphatic heterocycles. The minimum absolute atomic E-state index is 1.16. The summed E-state index contributed by atoms with van der Waals surface area (Å²) in [6, 6.07) is 8.34. The third-order valence-electron chi connectivity index (χ3n) is 1.27. The Morgan fingerprint density at radius 2 is 1.80 bits per heavy atom. The predicted molar refractivity (Wildman–Crippen MR) is 48.3 cm³/mol. The summed E-state index contributed by atoms with van der Waals surface area (Å²) in [4.78, 5) is 0. The van der Waals surface area contributed by atoms with Crippen molar-refractivity contribution < 1.29 is 0 Å². The van der Waals surface area contributed by atoms with E-state index in [0.717, 1.165) is 5.69 Å². The molecule has 0 spiro atoms. The van der Waals surface area contributed by atoms with Crippen LogP contribution in [0.3, 0.4) is 0 Å². The van der Waals surface area contributed by atoms with Gasteiger partial charge >= 0.3 is 0 Å². The van der Waals surface area contributed by atoms with Gasteiger partial charge in [-0.25, -0.2) is 0 Å². The first-order valence-corrected chi connectivity index (χ1v) is 4.41. The molecule has 0 aliphatic carbocycles. The fourth-order valence-electron chi connectivity index (χ4n) is 0.739. The lowest BCUT2D eigenvalue weighted by atomic mass is 10.2. The van der Waals surface area contributed by atoms with Crippen molar-refractivity contribution in [2.75, 3.05) is 11.0 Å². The summed E-state index contributed by atoms with van der Waals surface area (Å²) >= 11 is 1.61. The van der Waals surface area contributed by atoms with Gasteiger partial charge in [0.05, 0.1) is 0 Å². The molecule has 0 saturated heterocycles. The molecule has 2 heteroatoms. The number of nitrogens with one attached hydrogen (secondary N) is 1. The number of aryl methyl sites for hydroxylation is 1. The van der Waals surface area contributed by atoms with Gasteiger partial charge in [-0.15, -0.1) is 0 Å². The predicted octanol–water partition coefficient (Wildman–Crippen LogP) is 2.68. The van der Waals surface area contributed by atoms with E-state index in [4.69, 9.17) is 0 Å². The lowest BCUT2D eigenvalue weighted by molar-refractivity contribution is 1.47. The first kappa shape index (κ1) is 7.48. The van der Waals surface area contributed by atoms with Crippen LogP contribution in [0.4, 0.5) is 5.69 Å². The molecule has 0 unspecified atom stereocenters. The van der Waals surface area contributed by atoms with Gasteiger partial charge < -0.3 is 4.72 Å². The number of hydrogen-bond donors (Lipinski definition) is 1. The summed E-state index contributed by atoms with van der Waals surface area (Å²) < 4.78 is 3.15. The highest BCUT2D eigenvalue weighted by Gasteiger charge is 1.86. The average Bonchev–Trinajstić information content (AvgIpc) is 1.95. The van der Waals surface area contributed by atoms with Gasteiger partial charge in [0.1, 0.15) is 0 Å². The van der Waals surface area contributed by atoms with Crippen LogP contribution >= 0.6 is 11.9 Å². The fourth-order valence-corrected chi connectivity index (χ4v) is 1.11. The first-order valence-electron chi connectivity index (χ1n) is 3.18. The second-order valence-corrected chi connectivity index (χ2v) is 2.78. The normalized spacial score (nSPS) is 9.40. The van der Waals surface area contributed by atoms with E-state index >= 15 is 0 Å².